The largest absolute Gasteiger partial charge is 0.363 e. The van der Waals surface area contributed by atoms with Crippen molar-refractivity contribution in [2.45, 2.75) is 19.4 Å². The van der Waals surface area contributed by atoms with E-state index >= 15 is 0 Å². The minimum Gasteiger partial charge on any atom is -0.363 e. The number of hydrogen-bond acceptors (Lipinski definition) is 3. The highest BCUT2D eigenvalue weighted by atomic mass is 15.1. The maximum Gasteiger partial charge on any atom is 0.127 e. The first-order valence-corrected chi connectivity index (χ1v) is 4.54. The summed E-state index contributed by atoms with van der Waals surface area (Å²) in [5.74, 6) is 0.965. The third-order valence-corrected chi connectivity index (χ3v) is 2.10. The lowest BCUT2D eigenvalue weighted by atomic mass is 10.1. The van der Waals surface area contributed by atoms with Crippen molar-refractivity contribution in [3.63, 3.8) is 0 Å². The molecule has 0 saturated carbocycles. The van der Waals surface area contributed by atoms with Crippen molar-refractivity contribution in [1.82, 2.24) is 4.98 Å². The second-order valence-corrected chi connectivity index (χ2v) is 3.36. The highest BCUT2D eigenvalue weighted by Gasteiger charge is 2.03. The van der Waals surface area contributed by atoms with E-state index < -0.39 is 0 Å². The van der Waals surface area contributed by atoms with Gasteiger partial charge in [-0.25, -0.2) is 4.98 Å². The Hall–Kier alpha value is -1.09. The van der Waals surface area contributed by atoms with Crippen molar-refractivity contribution in [3.05, 3.63) is 23.9 Å². The minimum atomic E-state index is 0.115. The monoisotopic (exact) mass is 179 g/mol. The first kappa shape index (κ1) is 9.99. The molecule has 1 aromatic rings. The van der Waals surface area contributed by atoms with Gasteiger partial charge in [-0.15, -0.1) is 0 Å². The fourth-order valence-electron chi connectivity index (χ4n) is 1.12. The van der Waals surface area contributed by atoms with Crippen molar-refractivity contribution < 1.29 is 0 Å². The number of nitrogens with zero attached hydrogens (tertiary/aromatic N) is 2. The highest BCUT2D eigenvalue weighted by Crippen LogP contribution is 2.14. The molecule has 0 unspecified atom stereocenters. The second-order valence-electron chi connectivity index (χ2n) is 3.36. The van der Waals surface area contributed by atoms with Crippen LogP contribution in [-0.4, -0.2) is 19.1 Å². The number of nitrogens with two attached hydrogens (primary N) is 1. The summed E-state index contributed by atoms with van der Waals surface area (Å²) in [7, 11) is 3.95. The Morgan fingerprint density at radius 3 is 2.54 bits per heavy atom. The number of anilines is 1. The maximum absolute atomic E-state index is 5.87. The predicted octanol–water partition coefficient (Wildman–Crippen LogP) is 1.56. The fourth-order valence-corrected chi connectivity index (χ4v) is 1.12. The van der Waals surface area contributed by atoms with Crippen molar-refractivity contribution in [2.24, 2.45) is 5.73 Å². The summed E-state index contributed by atoms with van der Waals surface area (Å²) in [5, 5.41) is 0. The Kier molecular flexibility index (Phi) is 3.25. The zero-order valence-electron chi connectivity index (χ0n) is 8.49. The lowest BCUT2D eigenvalue weighted by molar-refractivity contribution is 0.695. The average molecular weight is 179 g/mol. The molecule has 1 atom stereocenters. The van der Waals surface area contributed by atoms with Crippen LogP contribution in [0.2, 0.25) is 0 Å². The summed E-state index contributed by atoms with van der Waals surface area (Å²) in [6.07, 6.45) is 2.80. The number of aromatic nitrogens is 1. The van der Waals surface area contributed by atoms with Gasteiger partial charge >= 0.3 is 0 Å². The molecule has 0 bridgehead atoms. The van der Waals surface area contributed by atoms with E-state index in [4.69, 9.17) is 5.73 Å². The molecule has 0 aliphatic carbocycles. The van der Waals surface area contributed by atoms with Gasteiger partial charge in [-0.1, -0.05) is 13.0 Å². The summed E-state index contributed by atoms with van der Waals surface area (Å²) < 4.78 is 0. The van der Waals surface area contributed by atoms with Crippen molar-refractivity contribution >= 4 is 5.82 Å². The molecule has 3 nitrogen and oxygen atoms in total. The molecular formula is C10H17N3. The highest BCUT2D eigenvalue weighted by molar-refractivity contribution is 5.37. The first-order chi connectivity index (χ1) is 6.15. The number of pyridine rings is 1. The van der Waals surface area contributed by atoms with E-state index in [9.17, 15) is 0 Å². The van der Waals surface area contributed by atoms with E-state index in [1.807, 2.05) is 37.3 Å². The summed E-state index contributed by atoms with van der Waals surface area (Å²) in [6, 6.07) is 4.14. The average Bonchev–Trinajstić information content (AvgIpc) is 2.17. The van der Waals surface area contributed by atoms with Crippen LogP contribution in [0.1, 0.15) is 24.9 Å². The second kappa shape index (κ2) is 4.23. The van der Waals surface area contributed by atoms with Crippen LogP contribution >= 0.6 is 0 Å². The van der Waals surface area contributed by atoms with Crippen molar-refractivity contribution in [1.29, 1.82) is 0 Å². The van der Waals surface area contributed by atoms with E-state index in [2.05, 4.69) is 11.9 Å². The molecule has 3 heteroatoms. The van der Waals surface area contributed by atoms with Crippen LogP contribution in [0.5, 0.6) is 0 Å². The molecule has 0 aromatic carbocycles. The smallest absolute Gasteiger partial charge is 0.127 e. The quantitative estimate of drug-likeness (QED) is 0.765. The van der Waals surface area contributed by atoms with Gasteiger partial charge < -0.3 is 10.6 Å². The Morgan fingerprint density at radius 1 is 1.46 bits per heavy atom. The molecule has 1 heterocycles. The third kappa shape index (κ3) is 2.42. The standard InChI is InChI=1S/C10H17N3/c1-4-9(11)8-5-6-10(12-7-8)13(2)3/h5-7,9H,4,11H2,1-3H3/t9-/m1/s1. The lowest BCUT2D eigenvalue weighted by Gasteiger charge is -2.13. The first-order valence-electron chi connectivity index (χ1n) is 4.54. The van der Waals surface area contributed by atoms with E-state index in [0.717, 1.165) is 17.8 Å². The lowest BCUT2D eigenvalue weighted by Crippen LogP contribution is -2.12. The normalized spacial score (nSPS) is 12.6. The number of rotatable bonds is 3. The van der Waals surface area contributed by atoms with Crippen LogP contribution in [0.15, 0.2) is 18.3 Å². The Bertz CT molecular complexity index is 253. The van der Waals surface area contributed by atoms with Gasteiger partial charge in [-0.05, 0) is 18.1 Å². The SMILES string of the molecule is CC[C@@H](N)c1ccc(N(C)C)nc1. The van der Waals surface area contributed by atoms with Gasteiger partial charge in [0.25, 0.3) is 0 Å². The van der Waals surface area contributed by atoms with E-state index in [0.29, 0.717) is 0 Å². The molecule has 0 radical (unpaired) electrons. The van der Waals surface area contributed by atoms with E-state index in [1.165, 1.54) is 0 Å². The molecule has 0 fully saturated rings. The molecule has 0 aliphatic rings. The van der Waals surface area contributed by atoms with Gasteiger partial charge in [0.15, 0.2) is 0 Å². The Morgan fingerprint density at radius 2 is 2.15 bits per heavy atom. The van der Waals surface area contributed by atoms with Gasteiger partial charge in [-0.3, -0.25) is 0 Å². The van der Waals surface area contributed by atoms with Crippen LogP contribution in [-0.2, 0) is 0 Å². The van der Waals surface area contributed by atoms with Crippen molar-refractivity contribution in [2.75, 3.05) is 19.0 Å². The minimum absolute atomic E-state index is 0.115. The molecule has 1 aromatic heterocycles. The van der Waals surface area contributed by atoms with Crippen LogP contribution < -0.4 is 10.6 Å². The van der Waals surface area contributed by atoms with Gasteiger partial charge in [0.05, 0.1) is 0 Å². The van der Waals surface area contributed by atoms with Gasteiger partial charge in [-0.2, -0.15) is 0 Å². The summed E-state index contributed by atoms with van der Waals surface area (Å²) in [5.41, 5.74) is 6.97. The fraction of sp³-hybridized carbons (Fsp3) is 0.500. The van der Waals surface area contributed by atoms with Gasteiger partial charge in [0.1, 0.15) is 5.82 Å². The zero-order chi connectivity index (χ0) is 9.84. The molecule has 13 heavy (non-hydrogen) atoms. The predicted molar refractivity (Wildman–Crippen MR) is 55.8 cm³/mol. The summed E-state index contributed by atoms with van der Waals surface area (Å²) >= 11 is 0. The molecule has 0 saturated heterocycles. The number of hydrogen-bond donors (Lipinski definition) is 1. The van der Waals surface area contributed by atoms with Crippen LogP contribution in [0.4, 0.5) is 5.82 Å². The third-order valence-electron chi connectivity index (χ3n) is 2.10. The van der Waals surface area contributed by atoms with E-state index in [-0.39, 0.29) is 6.04 Å². The zero-order valence-corrected chi connectivity index (χ0v) is 8.49. The van der Waals surface area contributed by atoms with Crippen LogP contribution in [0.25, 0.3) is 0 Å². The summed E-state index contributed by atoms with van der Waals surface area (Å²) in [4.78, 5) is 6.27. The molecule has 1 rings (SSSR count). The molecule has 0 aliphatic heterocycles. The van der Waals surface area contributed by atoms with Gasteiger partial charge in [0.2, 0.25) is 0 Å². The Balaban J connectivity index is 2.81. The van der Waals surface area contributed by atoms with Crippen LogP contribution in [0.3, 0.4) is 0 Å². The molecule has 2 N–H and O–H groups in total. The molecule has 72 valence electrons. The molecular weight excluding hydrogens is 162 g/mol. The van der Waals surface area contributed by atoms with Gasteiger partial charge in [0, 0.05) is 26.3 Å². The van der Waals surface area contributed by atoms with Crippen molar-refractivity contribution in [3.8, 4) is 0 Å². The molecule has 0 spiro atoms. The molecule has 0 amide bonds. The van der Waals surface area contributed by atoms with Crippen LogP contribution in [0, 0.1) is 0 Å². The summed E-state index contributed by atoms with van der Waals surface area (Å²) in [6.45, 7) is 2.07. The van der Waals surface area contributed by atoms with E-state index in [1.54, 1.807) is 0 Å². The maximum atomic E-state index is 5.87. The topological polar surface area (TPSA) is 42.1 Å². The Labute approximate surface area is 79.6 Å².